The third kappa shape index (κ3) is 4.34. The quantitative estimate of drug-likeness (QED) is 0.844. The van der Waals surface area contributed by atoms with E-state index in [4.69, 9.17) is 11.6 Å². The van der Waals surface area contributed by atoms with Crippen molar-refractivity contribution in [3.8, 4) is 0 Å². The number of pyridine rings is 1. The smallest absolute Gasteiger partial charge is 0.257 e. The number of nitrogens with zero attached hydrogens (tertiary/aromatic N) is 2. The molecule has 1 atom stereocenters. The van der Waals surface area contributed by atoms with E-state index < -0.39 is 9.84 Å². The lowest BCUT2D eigenvalue weighted by molar-refractivity contribution is 0.102. The van der Waals surface area contributed by atoms with Crippen molar-refractivity contribution in [3.05, 3.63) is 53.3 Å². The Morgan fingerprint density at radius 1 is 1.35 bits per heavy atom. The average Bonchev–Trinajstić information content (AvgIpc) is 2.95. The topological polar surface area (TPSA) is 79.4 Å². The van der Waals surface area contributed by atoms with Crippen molar-refractivity contribution in [2.24, 2.45) is 0 Å². The molecule has 1 saturated heterocycles. The lowest BCUT2D eigenvalue weighted by Crippen LogP contribution is -2.36. The number of rotatable bonds is 5. The van der Waals surface area contributed by atoms with Crippen LogP contribution < -0.4 is 10.2 Å². The van der Waals surface area contributed by atoms with Gasteiger partial charge in [0.1, 0.15) is 0 Å². The number of amides is 1. The highest BCUT2D eigenvalue weighted by Crippen LogP contribution is 2.25. The fraction of sp³-hybridized carbons (Fsp3) is 0.333. The number of sulfone groups is 1. The summed E-state index contributed by atoms with van der Waals surface area (Å²) in [7, 11) is -2.98. The van der Waals surface area contributed by atoms with Gasteiger partial charge in [0, 0.05) is 29.5 Å². The standard InChI is InChI=1S/C18H20ClN3O3S/c1-2-22(16-6-7-26(24,25)12-16)17-8-13(10-20-11-17)18(23)21-15-5-3-4-14(19)9-15/h3-5,8-11,16H,2,6-7,12H2,1H3,(H,21,23). The minimum absolute atomic E-state index is 0.0851. The summed E-state index contributed by atoms with van der Waals surface area (Å²) in [4.78, 5) is 18.7. The summed E-state index contributed by atoms with van der Waals surface area (Å²) in [6.45, 7) is 2.60. The SMILES string of the molecule is CCN(c1cncc(C(=O)Nc2cccc(Cl)c2)c1)C1CCS(=O)(=O)C1. The summed E-state index contributed by atoms with van der Waals surface area (Å²) in [5, 5.41) is 3.32. The van der Waals surface area contributed by atoms with Crippen LogP contribution in [0.5, 0.6) is 0 Å². The van der Waals surface area contributed by atoms with E-state index in [2.05, 4.69) is 10.3 Å². The molecule has 1 fully saturated rings. The molecule has 0 saturated carbocycles. The third-order valence-electron chi connectivity index (χ3n) is 4.39. The zero-order valence-electron chi connectivity index (χ0n) is 14.4. The first-order valence-electron chi connectivity index (χ1n) is 8.37. The second kappa shape index (κ2) is 7.63. The Hall–Kier alpha value is -2.12. The predicted octanol–water partition coefficient (Wildman–Crippen LogP) is 3.00. The molecule has 138 valence electrons. The summed E-state index contributed by atoms with van der Waals surface area (Å²) in [5.41, 5.74) is 1.75. The van der Waals surface area contributed by atoms with Gasteiger partial charge in [0.05, 0.1) is 29.0 Å². The predicted molar refractivity (Wildman–Crippen MR) is 104 cm³/mol. The Labute approximate surface area is 158 Å². The summed E-state index contributed by atoms with van der Waals surface area (Å²) in [6, 6.07) is 8.56. The van der Waals surface area contributed by atoms with Gasteiger partial charge in [-0.25, -0.2) is 8.42 Å². The van der Waals surface area contributed by atoms with Gasteiger partial charge in [-0.05, 0) is 37.6 Å². The Bertz CT molecular complexity index is 917. The Morgan fingerprint density at radius 3 is 2.81 bits per heavy atom. The number of hydrogen-bond donors (Lipinski definition) is 1. The number of benzene rings is 1. The van der Waals surface area contributed by atoms with Gasteiger partial charge in [-0.15, -0.1) is 0 Å². The molecule has 2 aromatic rings. The first-order chi connectivity index (χ1) is 12.4. The van der Waals surface area contributed by atoms with Crippen molar-refractivity contribution in [1.29, 1.82) is 0 Å². The molecule has 0 aliphatic carbocycles. The molecule has 1 aromatic carbocycles. The molecule has 2 heterocycles. The Kier molecular flexibility index (Phi) is 5.48. The highest BCUT2D eigenvalue weighted by atomic mass is 35.5. The number of anilines is 2. The van der Waals surface area contributed by atoms with E-state index in [0.29, 0.717) is 29.2 Å². The fourth-order valence-electron chi connectivity index (χ4n) is 3.15. The van der Waals surface area contributed by atoms with Crippen molar-refractivity contribution in [2.75, 3.05) is 28.3 Å². The highest BCUT2D eigenvalue weighted by molar-refractivity contribution is 7.91. The van der Waals surface area contributed by atoms with Crippen LogP contribution in [0.3, 0.4) is 0 Å². The summed E-state index contributed by atoms with van der Waals surface area (Å²) < 4.78 is 23.6. The van der Waals surface area contributed by atoms with E-state index in [9.17, 15) is 13.2 Å². The fourth-order valence-corrected chi connectivity index (χ4v) is 5.07. The van der Waals surface area contributed by atoms with Crippen molar-refractivity contribution < 1.29 is 13.2 Å². The molecule has 1 aromatic heterocycles. The van der Waals surface area contributed by atoms with Crippen molar-refractivity contribution in [1.82, 2.24) is 4.98 Å². The van der Waals surface area contributed by atoms with Gasteiger partial charge in [-0.3, -0.25) is 9.78 Å². The minimum Gasteiger partial charge on any atom is -0.367 e. The number of carbonyl (C=O) groups is 1. The van der Waals surface area contributed by atoms with Crippen molar-refractivity contribution >= 4 is 38.7 Å². The first kappa shape index (κ1) is 18.7. The van der Waals surface area contributed by atoms with Crippen LogP contribution in [0.2, 0.25) is 5.02 Å². The Balaban J connectivity index is 1.79. The van der Waals surface area contributed by atoms with Crippen molar-refractivity contribution in [3.63, 3.8) is 0 Å². The molecule has 3 rings (SSSR count). The van der Waals surface area contributed by atoms with E-state index in [-0.39, 0.29) is 23.5 Å². The molecule has 26 heavy (non-hydrogen) atoms. The van der Waals surface area contributed by atoms with Crippen LogP contribution in [0.4, 0.5) is 11.4 Å². The molecule has 6 nitrogen and oxygen atoms in total. The van der Waals surface area contributed by atoms with Gasteiger partial charge < -0.3 is 10.2 Å². The maximum absolute atomic E-state index is 12.5. The third-order valence-corrected chi connectivity index (χ3v) is 6.38. The van der Waals surface area contributed by atoms with Crippen LogP contribution in [0.25, 0.3) is 0 Å². The van der Waals surface area contributed by atoms with Crippen LogP contribution in [-0.4, -0.2) is 43.4 Å². The maximum atomic E-state index is 12.5. The molecule has 0 bridgehead atoms. The molecular weight excluding hydrogens is 374 g/mol. The molecule has 8 heteroatoms. The molecule has 1 N–H and O–H groups in total. The van der Waals surface area contributed by atoms with Crippen LogP contribution in [0, 0.1) is 0 Å². The number of halogens is 1. The van der Waals surface area contributed by atoms with Gasteiger partial charge in [0.25, 0.3) is 5.91 Å². The molecule has 0 radical (unpaired) electrons. The second-order valence-electron chi connectivity index (χ2n) is 6.24. The maximum Gasteiger partial charge on any atom is 0.257 e. The van der Waals surface area contributed by atoms with E-state index in [0.717, 1.165) is 5.69 Å². The number of nitrogens with one attached hydrogen (secondary N) is 1. The number of hydrogen-bond acceptors (Lipinski definition) is 5. The largest absolute Gasteiger partial charge is 0.367 e. The van der Waals surface area contributed by atoms with Crippen LogP contribution in [-0.2, 0) is 9.84 Å². The van der Waals surface area contributed by atoms with Gasteiger partial charge in [-0.1, -0.05) is 17.7 Å². The molecule has 0 spiro atoms. The molecule has 1 aliphatic heterocycles. The number of carbonyl (C=O) groups excluding carboxylic acids is 1. The molecule has 1 amide bonds. The summed E-state index contributed by atoms with van der Waals surface area (Å²) in [6.07, 6.45) is 3.74. The van der Waals surface area contributed by atoms with Gasteiger partial charge >= 0.3 is 0 Å². The lowest BCUT2D eigenvalue weighted by atomic mass is 10.1. The molecule has 1 unspecified atom stereocenters. The van der Waals surface area contributed by atoms with E-state index >= 15 is 0 Å². The average molecular weight is 394 g/mol. The second-order valence-corrected chi connectivity index (χ2v) is 8.90. The van der Waals surface area contributed by atoms with Crippen molar-refractivity contribution in [2.45, 2.75) is 19.4 Å². The van der Waals surface area contributed by atoms with E-state index in [1.165, 1.54) is 6.20 Å². The monoisotopic (exact) mass is 393 g/mol. The highest BCUT2D eigenvalue weighted by Gasteiger charge is 2.32. The minimum atomic E-state index is -2.98. The van der Waals surface area contributed by atoms with Crippen LogP contribution in [0.15, 0.2) is 42.7 Å². The zero-order valence-corrected chi connectivity index (χ0v) is 15.9. The Morgan fingerprint density at radius 2 is 2.15 bits per heavy atom. The van der Waals surface area contributed by atoms with Gasteiger partial charge in [0.2, 0.25) is 0 Å². The van der Waals surface area contributed by atoms with Crippen LogP contribution in [0.1, 0.15) is 23.7 Å². The zero-order chi connectivity index (χ0) is 18.7. The van der Waals surface area contributed by atoms with Gasteiger partial charge in [-0.2, -0.15) is 0 Å². The van der Waals surface area contributed by atoms with Crippen LogP contribution >= 0.6 is 11.6 Å². The lowest BCUT2D eigenvalue weighted by Gasteiger charge is -2.29. The van der Waals surface area contributed by atoms with E-state index in [1.54, 1.807) is 36.5 Å². The number of aromatic nitrogens is 1. The van der Waals surface area contributed by atoms with E-state index in [1.807, 2.05) is 11.8 Å². The molecule has 1 aliphatic rings. The summed E-state index contributed by atoms with van der Waals surface area (Å²) >= 11 is 5.94. The molecular formula is C18H20ClN3O3S. The normalized spacial score (nSPS) is 18.5. The summed E-state index contributed by atoms with van der Waals surface area (Å²) in [5.74, 6) is 0.0489. The van der Waals surface area contributed by atoms with Gasteiger partial charge in [0.15, 0.2) is 9.84 Å². The first-order valence-corrected chi connectivity index (χ1v) is 10.6.